The number of nitrogens with zero attached hydrogens (tertiary/aromatic N) is 3. The van der Waals surface area contributed by atoms with Gasteiger partial charge in [0.2, 0.25) is 0 Å². The van der Waals surface area contributed by atoms with Gasteiger partial charge in [0, 0.05) is 20.1 Å². The van der Waals surface area contributed by atoms with Gasteiger partial charge in [0.15, 0.2) is 0 Å². The summed E-state index contributed by atoms with van der Waals surface area (Å²) in [5.74, 6) is 0. The summed E-state index contributed by atoms with van der Waals surface area (Å²) in [6.45, 7) is 6.61. The van der Waals surface area contributed by atoms with Gasteiger partial charge in [0.1, 0.15) is 4.47 Å². The smallest absolute Gasteiger partial charge is 0.282 e. The topological polar surface area (TPSA) is 38.1 Å². The minimum absolute atomic E-state index is 0.0731. The largest absolute Gasteiger partial charge is 0.369 e. The second-order valence-corrected chi connectivity index (χ2v) is 6.57. The van der Waals surface area contributed by atoms with Gasteiger partial charge in [-0.15, -0.1) is 0 Å². The molecule has 0 aliphatic carbocycles. The highest BCUT2D eigenvalue weighted by Crippen LogP contribution is 2.32. The summed E-state index contributed by atoms with van der Waals surface area (Å²) >= 11 is 3.41. The van der Waals surface area contributed by atoms with Crippen molar-refractivity contribution in [3.05, 3.63) is 21.0 Å². The van der Waals surface area contributed by atoms with Gasteiger partial charge in [-0.25, -0.2) is 4.68 Å². The van der Waals surface area contributed by atoms with E-state index >= 15 is 0 Å². The Labute approximate surface area is 116 Å². The molecular formula is C13H20BrN3O. The highest BCUT2D eigenvalue weighted by atomic mass is 79.9. The van der Waals surface area contributed by atoms with E-state index < -0.39 is 0 Å². The Morgan fingerprint density at radius 2 is 2.06 bits per heavy atom. The molecule has 0 spiro atoms. The molecule has 1 aromatic rings. The van der Waals surface area contributed by atoms with Crippen molar-refractivity contribution >= 4 is 21.6 Å². The van der Waals surface area contributed by atoms with E-state index in [2.05, 4.69) is 39.8 Å². The van der Waals surface area contributed by atoms with Crippen LogP contribution in [0, 0.1) is 5.41 Å². The molecule has 1 fully saturated rings. The predicted molar refractivity (Wildman–Crippen MR) is 77.0 cm³/mol. The average molecular weight is 314 g/mol. The van der Waals surface area contributed by atoms with E-state index in [0.29, 0.717) is 9.89 Å². The van der Waals surface area contributed by atoms with Crippen LogP contribution in [0.1, 0.15) is 33.1 Å². The van der Waals surface area contributed by atoms with E-state index in [1.807, 2.05) is 0 Å². The van der Waals surface area contributed by atoms with Gasteiger partial charge in [0.25, 0.3) is 5.56 Å². The minimum Gasteiger partial charge on any atom is -0.369 e. The Kier molecular flexibility index (Phi) is 3.80. The van der Waals surface area contributed by atoms with E-state index in [9.17, 15) is 4.79 Å². The van der Waals surface area contributed by atoms with Crippen LogP contribution in [0.15, 0.2) is 15.5 Å². The fraction of sp³-hybridized carbons (Fsp3) is 0.692. The van der Waals surface area contributed by atoms with Crippen LogP contribution in [0.3, 0.4) is 0 Å². The molecule has 0 saturated carbocycles. The lowest BCUT2D eigenvalue weighted by Crippen LogP contribution is -2.29. The minimum atomic E-state index is -0.0731. The van der Waals surface area contributed by atoms with Crippen molar-refractivity contribution in [1.82, 2.24) is 9.78 Å². The normalized spacial score (nSPS) is 19.7. The van der Waals surface area contributed by atoms with E-state index in [0.717, 1.165) is 31.6 Å². The van der Waals surface area contributed by atoms with Crippen LogP contribution in [0.25, 0.3) is 0 Å². The van der Waals surface area contributed by atoms with Gasteiger partial charge in [0.05, 0.1) is 11.9 Å². The second kappa shape index (κ2) is 5.03. The van der Waals surface area contributed by atoms with Crippen molar-refractivity contribution in [2.24, 2.45) is 12.5 Å². The molecule has 4 nitrogen and oxygen atoms in total. The Balaban J connectivity index is 2.27. The molecule has 1 aliphatic heterocycles. The third-order valence-corrected chi connectivity index (χ3v) is 4.49. The third-order valence-electron chi connectivity index (χ3n) is 3.74. The van der Waals surface area contributed by atoms with Crippen molar-refractivity contribution in [1.29, 1.82) is 0 Å². The number of anilines is 1. The molecule has 0 radical (unpaired) electrons. The predicted octanol–water partition coefficient (Wildman–Crippen LogP) is 2.56. The third kappa shape index (κ3) is 2.76. The molecule has 2 heterocycles. The lowest BCUT2D eigenvalue weighted by molar-refractivity contribution is 0.325. The fourth-order valence-electron chi connectivity index (χ4n) is 2.39. The number of aromatic nitrogens is 2. The molecule has 0 atom stereocenters. The first-order valence-corrected chi connectivity index (χ1v) is 7.17. The van der Waals surface area contributed by atoms with Crippen LogP contribution in [0.5, 0.6) is 0 Å². The molecule has 0 amide bonds. The highest BCUT2D eigenvalue weighted by Gasteiger charge is 2.24. The van der Waals surface area contributed by atoms with Crippen LogP contribution in [-0.4, -0.2) is 22.9 Å². The van der Waals surface area contributed by atoms with Crippen molar-refractivity contribution in [2.75, 3.05) is 18.0 Å². The molecule has 1 aliphatic rings. The molecule has 0 unspecified atom stereocenters. The SMILES string of the molecule is Cn1ncc(N2CCCC(C)(C)CC2)c(Br)c1=O. The van der Waals surface area contributed by atoms with Gasteiger partial charge in [-0.3, -0.25) is 4.79 Å². The molecular weight excluding hydrogens is 294 g/mol. The first-order valence-electron chi connectivity index (χ1n) is 6.37. The fourth-order valence-corrected chi connectivity index (χ4v) is 3.00. The molecule has 0 N–H and O–H groups in total. The van der Waals surface area contributed by atoms with Gasteiger partial charge in [-0.1, -0.05) is 13.8 Å². The van der Waals surface area contributed by atoms with Crippen molar-refractivity contribution in [3.8, 4) is 0 Å². The standard InChI is InChI=1S/C13H20BrN3O/c1-13(2)5-4-7-17(8-6-13)10-9-15-16(3)12(18)11(10)14/h9H,4-8H2,1-3H3. The average Bonchev–Trinajstić information content (AvgIpc) is 2.48. The Morgan fingerprint density at radius 3 is 2.78 bits per heavy atom. The summed E-state index contributed by atoms with van der Waals surface area (Å²) < 4.78 is 1.98. The lowest BCUT2D eigenvalue weighted by Gasteiger charge is -2.25. The maximum absolute atomic E-state index is 11.9. The summed E-state index contributed by atoms with van der Waals surface area (Å²) in [6, 6.07) is 0. The summed E-state index contributed by atoms with van der Waals surface area (Å²) in [6.07, 6.45) is 5.33. The summed E-state index contributed by atoms with van der Waals surface area (Å²) in [5, 5.41) is 4.11. The van der Waals surface area contributed by atoms with Crippen molar-refractivity contribution < 1.29 is 0 Å². The molecule has 5 heteroatoms. The van der Waals surface area contributed by atoms with E-state index in [1.165, 1.54) is 11.1 Å². The number of aryl methyl sites for hydroxylation is 1. The van der Waals surface area contributed by atoms with Gasteiger partial charge >= 0.3 is 0 Å². The summed E-state index contributed by atoms with van der Waals surface area (Å²) in [7, 11) is 1.67. The van der Waals surface area contributed by atoms with E-state index in [1.54, 1.807) is 13.2 Å². The number of hydrogen-bond donors (Lipinski definition) is 0. The van der Waals surface area contributed by atoms with Gasteiger partial charge in [-0.2, -0.15) is 5.10 Å². The zero-order valence-electron chi connectivity index (χ0n) is 11.2. The monoisotopic (exact) mass is 313 g/mol. The molecule has 2 rings (SSSR count). The van der Waals surface area contributed by atoms with Crippen LogP contribution < -0.4 is 10.5 Å². The van der Waals surface area contributed by atoms with Crippen LogP contribution in [0.4, 0.5) is 5.69 Å². The first kappa shape index (κ1) is 13.6. The molecule has 0 aromatic carbocycles. The molecule has 18 heavy (non-hydrogen) atoms. The van der Waals surface area contributed by atoms with Gasteiger partial charge in [-0.05, 0) is 40.6 Å². The van der Waals surface area contributed by atoms with Crippen molar-refractivity contribution in [2.45, 2.75) is 33.1 Å². The number of halogens is 1. The van der Waals surface area contributed by atoms with Gasteiger partial charge < -0.3 is 4.90 Å². The Morgan fingerprint density at radius 1 is 1.33 bits per heavy atom. The number of hydrogen-bond acceptors (Lipinski definition) is 3. The van der Waals surface area contributed by atoms with E-state index in [-0.39, 0.29) is 5.56 Å². The molecule has 100 valence electrons. The summed E-state index contributed by atoms with van der Waals surface area (Å²) in [5.41, 5.74) is 1.25. The molecule has 1 saturated heterocycles. The highest BCUT2D eigenvalue weighted by molar-refractivity contribution is 9.10. The molecule has 0 bridgehead atoms. The zero-order valence-corrected chi connectivity index (χ0v) is 12.8. The first-order chi connectivity index (χ1) is 8.41. The van der Waals surface area contributed by atoms with Crippen LogP contribution >= 0.6 is 15.9 Å². The number of rotatable bonds is 1. The lowest BCUT2D eigenvalue weighted by atomic mass is 9.85. The summed E-state index contributed by atoms with van der Waals surface area (Å²) in [4.78, 5) is 14.1. The second-order valence-electron chi connectivity index (χ2n) is 5.78. The van der Waals surface area contributed by atoms with Crippen LogP contribution in [0.2, 0.25) is 0 Å². The zero-order chi connectivity index (χ0) is 13.3. The Bertz CT molecular complexity index is 495. The molecule has 1 aromatic heterocycles. The van der Waals surface area contributed by atoms with Crippen LogP contribution in [-0.2, 0) is 7.05 Å². The van der Waals surface area contributed by atoms with Crippen molar-refractivity contribution in [3.63, 3.8) is 0 Å². The maximum Gasteiger partial charge on any atom is 0.282 e. The Hall–Kier alpha value is -0.840. The van der Waals surface area contributed by atoms with E-state index in [4.69, 9.17) is 0 Å². The maximum atomic E-state index is 11.9. The quantitative estimate of drug-likeness (QED) is 0.799.